The number of fused-ring (bicyclic) bond motifs is 7. The number of carboxylic acid groups (broad SMARTS) is 1. The maximum atomic E-state index is 17.7. The van der Waals surface area contributed by atoms with Crippen LogP contribution in [0.25, 0.3) is 0 Å². The van der Waals surface area contributed by atoms with Crippen molar-refractivity contribution in [3.8, 4) is 0 Å². The van der Waals surface area contributed by atoms with Crippen LogP contribution in [0.1, 0.15) is 57.8 Å². The van der Waals surface area contributed by atoms with E-state index in [0.717, 1.165) is 15.9 Å². The molecule has 3 saturated carbocycles. The van der Waals surface area contributed by atoms with Crippen LogP contribution in [0.2, 0.25) is 0 Å². The number of aliphatic hydroxyl groups excluding tert-OH is 2. The molecular weight excluding hydrogens is 915 g/mol. The summed E-state index contributed by atoms with van der Waals surface area (Å²) in [4.78, 5) is 63.4. The van der Waals surface area contributed by atoms with Gasteiger partial charge in [0.25, 0.3) is 0 Å². The van der Waals surface area contributed by atoms with Crippen molar-refractivity contribution in [3.63, 3.8) is 0 Å². The highest BCUT2D eigenvalue weighted by molar-refractivity contribution is 8.00. The number of halogens is 2. The number of carbonyl (C=O) groups is 5. The lowest BCUT2D eigenvalue weighted by atomic mass is 9.44. The van der Waals surface area contributed by atoms with E-state index >= 15 is 8.78 Å². The van der Waals surface area contributed by atoms with E-state index in [2.05, 4.69) is 10.6 Å². The van der Waals surface area contributed by atoms with Crippen molar-refractivity contribution in [1.82, 2.24) is 5.32 Å². The highest BCUT2D eigenvalue weighted by atomic mass is 32.2. The fourth-order valence-electron chi connectivity index (χ4n) is 10.9. The third kappa shape index (κ3) is 10.0. The Bertz CT molecular complexity index is 2230. The summed E-state index contributed by atoms with van der Waals surface area (Å²) in [5, 5.41) is 35.9. The molecule has 4 aliphatic carbocycles. The van der Waals surface area contributed by atoms with Crippen LogP contribution >= 0.6 is 23.5 Å². The molecule has 0 bridgehead atoms. The third-order valence-corrected chi connectivity index (χ3v) is 16.1. The monoisotopic (exact) mass is 972 g/mol. The van der Waals surface area contributed by atoms with Crippen molar-refractivity contribution < 1.29 is 71.8 Å². The fraction of sp³-hybridized carbons (Fsp3) is 0.562. The zero-order valence-electron chi connectivity index (χ0n) is 37.6. The molecule has 1 unspecified atom stereocenters. The van der Waals surface area contributed by atoms with E-state index in [4.69, 9.17) is 28.8 Å². The van der Waals surface area contributed by atoms with Crippen LogP contribution in [0.4, 0.5) is 14.5 Å². The van der Waals surface area contributed by atoms with Gasteiger partial charge in [0, 0.05) is 44.3 Å². The SMILES string of the molecule is CSC(CC(=O)O)C(=O)NCCOCCOCCOCCC(=O)Nc1cccc(Sc2ccc([C@@H]3O[C@@H]4C[C@H]5[C@@H]6C[C@H](F)C7=CC(=O)C=C[C@]7(C)[C@@]6(F)[C@@H](O)C[C@]5(C)[C@]4(C(=O)CO)O3)cc2)c1. The quantitative estimate of drug-likeness (QED) is 0.0962. The predicted octanol–water partition coefficient (Wildman–Crippen LogP) is 5.18. The van der Waals surface area contributed by atoms with Gasteiger partial charge in [-0.2, -0.15) is 11.8 Å². The number of nitrogens with one attached hydrogen (secondary N) is 2. The van der Waals surface area contributed by atoms with Gasteiger partial charge in [-0.3, -0.25) is 24.0 Å². The smallest absolute Gasteiger partial charge is 0.305 e. The van der Waals surface area contributed by atoms with Crippen molar-refractivity contribution in [2.75, 3.05) is 64.4 Å². The number of rotatable bonds is 22. The van der Waals surface area contributed by atoms with Crippen LogP contribution in [-0.4, -0.2) is 139 Å². The van der Waals surface area contributed by atoms with Crippen molar-refractivity contribution in [3.05, 3.63) is 77.9 Å². The fourth-order valence-corrected chi connectivity index (χ4v) is 12.4. The zero-order valence-corrected chi connectivity index (χ0v) is 39.2. The number of anilines is 1. The molecule has 4 fully saturated rings. The highest BCUT2D eigenvalue weighted by Crippen LogP contribution is 2.72. The second kappa shape index (κ2) is 21.3. The minimum atomic E-state index is -2.34. The molecule has 1 aliphatic heterocycles. The Kier molecular flexibility index (Phi) is 16.2. The number of carboxylic acids is 1. The van der Waals surface area contributed by atoms with Crippen LogP contribution in [0.5, 0.6) is 0 Å². The number of alkyl halides is 2. The number of carbonyl (C=O) groups excluding carboxylic acids is 4. The Labute approximate surface area is 396 Å². The second-order valence-corrected chi connectivity index (χ2v) is 20.1. The number of ether oxygens (including phenoxy) is 5. The number of Topliss-reactive ketones (excluding diaryl/α,β-unsaturated/α-hetero) is 1. The topological polar surface area (TPSA) is 216 Å². The van der Waals surface area contributed by atoms with Gasteiger partial charge in [-0.15, -0.1) is 0 Å². The summed E-state index contributed by atoms with van der Waals surface area (Å²) in [6.45, 7) is 4.29. The van der Waals surface area contributed by atoms with Gasteiger partial charge in [0.15, 0.2) is 29.1 Å². The molecule has 0 aromatic heterocycles. The summed E-state index contributed by atoms with van der Waals surface area (Å²) in [6.07, 6.45) is -0.300. The number of benzene rings is 2. The van der Waals surface area contributed by atoms with Crippen molar-refractivity contribution >= 4 is 58.6 Å². The number of hydrogen-bond donors (Lipinski definition) is 5. The van der Waals surface area contributed by atoms with Gasteiger partial charge in [0.05, 0.1) is 69.9 Å². The highest BCUT2D eigenvalue weighted by Gasteiger charge is 2.80. The lowest BCUT2D eigenvalue weighted by molar-refractivity contribution is -0.235. The lowest BCUT2D eigenvalue weighted by Gasteiger charge is -2.63. The molecule has 15 nitrogen and oxygen atoms in total. The molecule has 0 spiro atoms. The molecule has 5 aliphatic rings. The molecular formula is C48H58F2N2O13S2. The van der Waals surface area contributed by atoms with E-state index in [-0.39, 0.29) is 75.9 Å². The van der Waals surface area contributed by atoms with Gasteiger partial charge in [-0.1, -0.05) is 43.0 Å². The van der Waals surface area contributed by atoms with Gasteiger partial charge < -0.3 is 49.6 Å². The van der Waals surface area contributed by atoms with E-state index in [0.29, 0.717) is 31.1 Å². The van der Waals surface area contributed by atoms with Crippen LogP contribution in [-0.2, 0) is 47.7 Å². The molecule has 1 saturated heterocycles. The molecule has 5 N–H and O–H groups in total. The predicted molar refractivity (Wildman–Crippen MR) is 243 cm³/mol. The Morgan fingerprint density at radius 2 is 1.66 bits per heavy atom. The largest absolute Gasteiger partial charge is 0.481 e. The number of hydrogen-bond acceptors (Lipinski definition) is 14. The number of aliphatic hydroxyl groups is 2. The Balaban J connectivity index is 0.860. The van der Waals surface area contributed by atoms with Gasteiger partial charge in [-0.05, 0) is 86.4 Å². The summed E-state index contributed by atoms with van der Waals surface area (Å²) >= 11 is 2.63. The van der Waals surface area contributed by atoms with Crippen molar-refractivity contribution in [2.45, 2.75) is 96.9 Å². The molecule has 364 valence electrons. The van der Waals surface area contributed by atoms with Gasteiger partial charge in [0.1, 0.15) is 12.8 Å². The number of allylic oxidation sites excluding steroid dienone is 4. The van der Waals surface area contributed by atoms with E-state index < -0.39 is 88.0 Å². The Hall–Kier alpha value is -4.05. The molecule has 2 aromatic carbocycles. The van der Waals surface area contributed by atoms with Gasteiger partial charge in [-0.25, -0.2) is 8.78 Å². The maximum Gasteiger partial charge on any atom is 0.305 e. The Morgan fingerprint density at radius 1 is 0.955 bits per heavy atom. The molecule has 19 heteroatoms. The number of amides is 2. The minimum absolute atomic E-state index is 0.00894. The average molecular weight is 973 g/mol. The van der Waals surface area contributed by atoms with Gasteiger partial charge in [0.2, 0.25) is 11.8 Å². The first-order chi connectivity index (χ1) is 32.0. The first kappa shape index (κ1) is 50.8. The molecule has 11 atom stereocenters. The summed E-state index contributed by atoms with van der Waals surface area (Å²) < 4.78 is 63.2. The summed E-state index contributed by atoms with van der Waals surface area (Å²) in [5.41, 5.74) is -5.68. The maximum absolute atomic E-state index is 17.7. The number of thioether (sulfide) groups is 1. The zero-order chi connectivity index (χ0) is 48.1. The van der Waals surface area contributed by atoms with E-state index in [1.165, 1.54) is 42.6 Å². The standard InChI is InChI=1S/C48H58F2N2O13S2/c1-45-13-11-30(54)22-35(45)36(49)23-34-33-24-40-48(39(56)27-53,46(33,2)26-38(55)47(34,45)50)65-44(64-40)28-7-9-31(10-8-28)67-32-6-4-5-29(21-32)52-41(57)12-15-61-17-19-63-20-18-62-16-14-51-43(60)37(66-3)25-42(58)59/h4-11,13,21-22,33-34,36-38,40,44,53,55H,12,14-20,23-27H2,1-3H3,(H,51,60)(H,52,57)(H,58,59)/t33-,34-,36-,37?,38-,40+,44+,45-,46-,47-,48+/m0/s1. The molecule has 1 heterocycles. The molecule has 2 amide bonds. The lowest BCUT2D eigenvalue weighted by Crippen LogP contribution is -2.70. The number of aliphatic carboxylic acids is 1. The summed E-state index contributed by atoms with van der Waals surface area (Å²) in [6, 6.07) is 14.7. The summed E-state index contributed by atoms with van der Waals surface area (Å²) in [7, 11) is 0. The third-order valence-electron chi connectivity index (χ3n) is 14.1. The first-order valence-corrected chi connectivity index (χ1v) is 24.5. The normalized spacial score (nSPS) is 32.0. The first-order valence-electron chi connectivity index (χ1n) is 22.4. The van der Waals surface area contributed by atoms with Crippen molar-refractivity contribution in [1.29, 1.82) is 0 Å². The van der Waals surface area contributed by atoms with Gasteiger partial charge >= 0.3 is 5.97 Å². The second-order valence-electron chi connectivity index (χ2n) is 17.9. The summed E-state index contributed by atoms with van der Waals surface area (Å²) in [5.74, 6) is -4.39. The van der Waals surface area contributed by atoms with Crippen molar-refractivity contribution in [2.24, 2.45) is 22.7 Å². The van der Waals surface area contributed by atoms with Crippen LogP contribution in [0, 0.1) is 22.7 Å². The van der Waals surface area contributed by atoms with Crippen LogP contribution < -0.4 is 10.6 Å². The minimum Gasteiger partial charge on any atom is -0.481 e. The van der Waals surface area contributed by atoms with E-state index in [9.17, 15) is 34.2 Å². The molecule has 2 aromatic rings. The molecule has 67 heavy (non-hydrogen) atoms. The average Bonchev–Trinajstić information content (AvgIpc) is 3.80. The van der Waals surface area contributed by atoms with Crippen LogP contribution in [0.15, 0.2) is 82.1 Å². The Morgan fingerprint density at radius 3 is 2.34 bits per heavy atom. The van der Waals surface area contributed by atoms with E-state index in [1.54, 1.807) is 31.4 Å². The van der Waals surface area contributed by atoms with E-state index in [1.807, 2.05) is 30.3 Å². The molecule has 0 radical (unpaired) electrons. The van der Waals surface area contributed by atoms with Crippen LogP contribution in [0.3, 0.4) is 0 Å². The number of ketones is 2. The molecule has 7 rings (SSSR count).